The number of benzene rings is 1. The highest BCUT2D eigenvalue weighted by Crippen LogP contribution is 2.11. The molecule has 0 heterocycles. The lowest BCUT2D eigenvalue weighted by Gasteiger charge is -2.39. The molecule has 1 aromatic rings. The van der Waals surface area contributed by atoms with Gasteiger partial charge in [-0.2, -0.15) is 0 Å². The number of Topliss-reactive ketones (excluding diaryl/α,β-unsaturated/α-hetero) is 1. The molecular formula is C33H63N3O5. The largest absolute Gasteiger partial charge is 0.461 e. The average molecular weight is 582 g/mol. The minimum atomic E-state index is -0.142. The van der Waals surface area contributed by atoms with Crippen LogP contribution in [0.1, 0.15) is 94.2 Å². The van der Waals surface area contributed by atoms with Crippen molar-refractivity contribution in [1.29, 1.82) is 0 Å². The maximum atomic E-state index is 11.3. The van der Waals surface area contributed by atoms with Gasteiger partial charge in [0.05, 0.1) is 12.5 Å². The summed E-state index contributed by atoms with van der Waals surface area (Å²) >= 11 is 0. The van der Waals surface area contributed by atoms with E-state index in [-0.39, 0.29) is 23.6 Å². The molecule has 0 saturated carbocycles. The molecule has 0 radical (unpaired) electrons. The van der Waals surface area contributed by atoms with Crippen LogP contribution in [0.25, 0.3) is 0 Å². The minimum absolute atomic E-state index is 0.0600. The second kappa shape index (κ2) is 23.7. The van der Waals surface area contributed by atoms with Crippen LogP contribution in [0, 0.1) is 17.8 Å². The Balaban J connectivity index is 0. The quantitative estimate of drug-likeness (QED) is 0.138. The molecule has 0 saturated heterocycles. The lowest BCUT2D eigenvalue weighted by Crippen LogP contribution is -2.51. The monoisotopic (exact) mass is 581 g/mol. The van der Waals surface area contributed by atoms with Crippen LogP contribution in [0.4, 0.5) is 0 Å². The first-order chi connectivity index (χ1) is 19.1. The van der Waals surface area contributed by atoms with Crippen molar-refractivity contribution >= 4 is 11.8 Å². The number of methoxy groups -OCH3 is 2. The highest BCUT2D eigenvalue weighted by Gasteiger charge is 2.20. The number of carbonyl (C=O) groups is 2. The molecule has 1 aromatic carbocycles. The molecule has 0 unspecified atom stereocenters. The third-order valence-electron chi connectivity index (χ3n) is 5.89. The molecule has 41 heavy (non-hydrogen) atoms. The van der Waals surface area contributed by atoms with Crippen molar-refractivity contribution in [1.82, 2.24) is 15.3 Å². The van der Waals surface area contributed by atoms with Gasteiger partial charge in [-0.3, -0.25) is 9.59 Å². The molecule has 8 heteroatoms. The molecule has 0 atom stereocenters. The van der Waals surface area contributed by atoms with Gasteiger partial charge in [-0.25, -0.2) is 10.0 Å². The van der Waals surface area contributed by atoms with Crippen LogP contribution in [0.15, 0.2) is 24.3 Å². The number of ketones is 1. The summed E-state index contributed by atoms with van der Waals surface area (Å²) in [7, 11) is 3.42. The van der Waals surface area contributed by atoms with Crippen LogP contribution in [-0.4, -0.2) is 74.1 Å². The Labute approximate surface area is 252 Å². The molecule has 0 aliphatic heterocycles. The van der Waals surface area contributed by atoms with E-state index in [2.05, 4.69) is 69.0 Å². The van der Waals surface area contributed by atoms with E-state index in [0.29, 0.717) is 50.7 Å². The molecule has 8 nitrogen and oxygen atoms in total. The summed E-state index contributed by atoms with van der Waals surface area (Å²) in [6.45, 7) is 26.7. The van der Waals surface area contributed by atoms with Crippen molar-refractivity contribution < 1.29 is 23.8 Å². The molecule has 0 aliphatic rings. The maximum Gasteiger partial charge on any atom is 0.308 e. The maximum absolute atomic E-state index is 11.3. The van der Waals surface area contributed by atoms with Crippen LogP contribution in [0.5, 0.6) is 0 Å². The fourth-order valence-corrected chi connectivity index (χ4v) is 3.38. The van der Waals surface area contributed by atoms with Crippen LogP contribution in [0.3, 0.4) is 0 Å². The number of carbonyl (C=O) groups excluding carboxylic acids is 2. The van der Waals surface area contributed by atoms with Gasteiger partial charge in [0, 0.05) is 38.3 Å². The summed E-state index contributed by atoms with van der Waals surface area (Å²) < 4.78 is 15.5. The van der Waals surface area contributed by atoms with E-state index in [0.717, 1.165) is 12.0 Å². The molecule has 0 bridgehead atoms. The third-order valence-corrected chi connectivity index (χ3v) is 5.89. The summed E-state index contributed by atoms with van der Waals surface area (Å²) in [5.74, 6) is 0.908. The first-order valence-corrected chi connectivity index (χ1v) is 15.1. The predicted molar refractivity (Wildman–Crippen MR) is 170 cm³/mol. The summed E-state index contributed by atoms with van der Waals surface area (Å²) in [6, 6.07) is 9.51. The smallest absolute Gasteiger partial charge is 0.308 e. The van der Waals surface area contributed by atoms with Gasteiger partial charge in [0.1, 0.15) is 25.9 Å². The van der Waals surface area contributed by atoms with Crippen molar-refractivity contribution in [3.63, 3.8) is 0 Å². The van der Waals surface area contributed by atoms with Crippen LogP contribution in [-0.2, 0) is 36.8 Å². The molecule has 1 rings (SSSR count). The Morgan fingerprint density at radius 1 is 0.707 bits per heavy atom. The number of hydrazine groups is 1. The van der Waals surface area contributed by atoms with Gasteiger partial charge in [-0.05, 0) is 51.2 Å². The second-order valence-corrected chi connectivity index (χ2v) is 12.2. The standard InChI is InChI=1S/C15H22O2.C10H24N2O2.C8H17NO/c1-11(2)9-13-5-7-14(8-6-13)10-17-15(16)12(3)4;1-9(2)11(7-13-5)12(8-14-6)10(3)4;1-6(2)8(10)5-9-7(3)4/h5-8,11-12H,9-10H2,1-4H3;9-10H,7-8H2,1-6H3;6-7,9H,5H2,1-4H3. The third kappa shape index (κ3) is 21.5. The van der Waals surface area contributed by atoms with E-state index in [4.69, 9.17) is 14.2 Å². The van der Waals surface area contributed by atoms with E-state index < -0.39 is 0 Å². The number of hydrogen-bond acceptors (Lipinski definition) is 8. The highest BCUT2D eigenvalue weighted by atomic mass is 16.5. The summed E-state index contributed by atoms with van der Waals surface area (Å²) in [5.41, 5.74) is 2.38. The molecule has 0 spiro atoms. The Kier molecular flexibility index (Phi) is 23.9. The number of nitrogens with one attached hydrogen (secondary N) is 1. The fourth-order valence-electron chi connectivity index (χ4n) is 3.38. The average Bonchev–Trinajstić information content (AvgIpc) is 2.88. The summed E-state index contributed by atoms with van der Waals surface area (Å²) in [4.78, 5) is 22.3. The lowest BCUT2D eigenvalue weighted by molar-refractivity contribution is -0.170. The molecule has 0 amide bonds. The van der Waals surface area contributed by atoms with E-state index in [1.807, 2.05) is 53.7 Å². The predicted octanol–water partition coefficient (Wildman–Crippen LogP) is 6.32. The number of rotatable bonds is 16. The van der Waals surface area contributed by atoms with Crippen molar-refractivity contribution in [2.45, 2.75) is 114 Å². The highest BCUT2D eigenvalue weighted by molar-refractivity contribution is 5.82. The normalized spacial score (nSPS) is 11.5. The zero-order chi connectivity index (χ0) is 32.1. The zero-order valence-electron chi connectivity index (χ0n) is 28.7. The van der Waals surface area contributed by atoms with Crippen molar-refractivity contribution in [3.8, 4) is 0 Å². The van der Waals surface area contributed by atoms with Gasteiger partial charge in [0.15, 0.2) is 0 Å². The van der Waals surface area contributed by atoms with E-state index >= 15 is 0 Å². The topological polar surface area (TPSA) is 80.3 Å². The number of hydrogen-bond donors (Lipinski definition) is 1. The van der Waals surface area contributed by atoms with E-state index in [1.54, 1.807) is 14.2 Å². The Morgan fingerprint density at radius 2 is 1.15 bits per heavy atom. The second-order valence-electron chi connectivity index (χ2n) is 12.2. The number of ether oxygens (including phenoxy) is 3. The molecule has 240 valence electrons. The van der Waals surface area contributed by atoms with Crippen LogP contribution < -0.4 is 5.32 Å². The number of nitrogens with zero attached hydrogens (tertiary/aromatic N) is 2. The number of esters is 1. The van der Waals surface area contributed by atoms with E-state index in [1.165, 1.54) is 5.56 Å². The van der Waals surface area contributed by atoms with Crippen LogP contribution in [0.2, 0.25) is 0 Å². The zero-order valence-corrected chi connectivity index (χ0v) is 28.7. The Bertz CT molecular complexity index is 777. The molecule has 0 fully saturated rings. The fraction of sp³-hybridized carbons (Fsp3) is 0.758. The molecule has 1 N–H and O–H groups in total. The SMILES string of the molecule is CC(C)Cc1ccc(COC(=O)C(C)C)cc1.CC(C)NCC(=O)C(C)C.COCN(C(C)C)N(COC)C(C)C. The van der Waals surface area contributed by atoms with E-state index in [9.17, 15) is 9.59 Å². The molecular weight excluding hydrogens is 518 g/mol. The van der Waals surface area contributed by atoms with Gasteiger partial charge in [-0.15, -0.1) is 0 Å². The molecule has 0 aromatic heterocycles. The summed E-state index contributed by atoms with van der Waals surface area (Å²) in [6.07, 6.45) is 1.09. The Hall–Kier alpha value is -1.84. The van der Waals surface area contributed by atoms with Crippen molar-refractivity contribution in [2.24, 2.45) is 17.8 Å². The molecule has 0 aliphatic carbocycles. The van der Waals surface area contributed by atoms with Gasteiger partial charge in [-0.1, -0.05) is 79.7 Å². The first kappa shape index (κ1) is 41.3. The van der Waals surface area contributed by atoms with Gasteiger partial charge < -0.3 is 19.5 Å². The van der Waals surface area contributed by atoms with Crippen molar-refractivity contribution in [3.05, 3.63) is 35.4 Å². The van der Waals surface area contributed by atoms with Crippen molar-refractivity contribution in [2.75, 3.05) is 34.2 Å². The van der Waals surface area contributed by atoms with Gasteiger partial charge >= 0.3 is 5.97 Å². The Morgan fingerprint density at radius 3 is 1.46 bits per heavy atom. The van der Waals surface area contributed by atoms with Gasteiger partial charge in [0.25, 0.3) is 0 Å². The lowest BCUT2D eigenvalue weighted by atomic mass is 10.0. The first-order valence-electron chi connectivity index (χ1n) is 15.1. The summed E-state index contributed by atoms with van der Waals surface area (Å²) in [5, 5.41) is 7.40. The van der Waals surface area contributed by atoms with Gasteiger partial charge in [0.2, 0.25) is 0 Å². The van der Waals surface area contributed by atoms with Crippen LogP contribution >= 0.6 is 0 Å². The minimum Gasteiger partial charge on any atom is -0.461 e.